The van der Waals surface area contributed by atoms with Gasteiger partial charge in [-0.25, -0.2) is 0 Å². The van der Waals surface area contributed by atoms with Crippen LogP contribution in [0, 0.1) is 0 Å². The number of aliphatic hydroxyl groups excluding tert-OH is 1. The standard InChI is InChI=1S/C18H22Cl2O4/c1-3-12(2)18(23)14-8-9-15(17(20)16(14)19)24-11-13(22)7-5-4-6-10-21/h8-9,21H,2-7,10-11H2,1H3. The zero-order valence-electron chi connectivity index (χ0n) is 13.7. The van der Waals surface area contributed by atoms with Gasteiger partial charge in [-0.15, -0.1) is 0 Å². The van der Waals surface area contributed by atoms with E-state index in [1.54, 1.807) is 0 Å². The van der Waals surface area contributed by atoms with E-state index in [4.69, 9.17) is 33.0 Å². The molecule has 0 saturated carbocycles. The monoisotopic (exact) mass is 372 g/mol. The van der Waals surface area contributed by atoms with Gasteiger partial charge < -0.3 is 9.84 Å². The second kappa shape index (κ2) is 10.5. The third-order valence-corrected chi connectivity index (χ3v) is 4.41. The minimum atomic E-state index is -0.254. The third kappa shape index (κ3) is 5.93. The van der Waals surface area contributed by atoms with Crippen LogP contribution in [0.3, 0.4) is 0 Å². The summed E-state index contributed by atoms with van der Waals surface area (Å²) in [7, 11) is 0. The molecule has 0 radical (unpaired) electrons. The molecule has 0 bridgehead atoms. The Labute approximate surface area is 152 Å². The number of ketones is 2. The summed E-state index contributed by atoms with van der Waals surface area (Å²) < 4.78 is 5.41. The van der Waals surface area contributed by atoms with Gasteiger partial charge in [0, 0.05) is 18.6 Å². The van der Waals surface area contributed by atoms with E-state index in [9.17, 15) is 9.59 Å². The van der Waals surface area contributed by atoms with Gasteiger partial charge in [0.25, 0.3) is 0 Å². The predicted molar refractivity (Wildman–Crippen MR) is 96.3 cm³/mol. The second-order valence-electron chi connectivity index (χ2n) is 5.39. The first-order valence-electron chi connectivity index (χ1n) is 7.88. The molecule has 1 rings (SSSR count). The number of ether oxygens (including phenoxy) is 1. The highest BCUT2D eigenvalue weighted by Crippen LogP contribution is 2.35. The van der Waals surface area contributed by atoms with Gasteiger partial charge in [0.05, 0.1) is 5.02 Å². The van der Waals surface area contributed by atoms with E-state index in [1.807, 2.05) is 6.92 Å². The fourth-order valence-electron chi connectivity index (χ4n) is 2.01. The molecule has 1 aromatic carbocycles. The molecular formula is C18H22Cl2O4. The first kappa shape index (κ1) is 20.7. The van der Waals surface area contributed by atoms with Crippen LogP contribution in [0.4, 0.5) is 0 Å². The van der Waals surface area contributed by atoms with Crippen LogP contribution in [0.2, 0.25) is 10.0 Å². The van der Waals surface area contributed by atoms with Crippen molar-refractivity contribution >= 4 is 34.8 Å². The number of carbonyl (C=O) groups is 2. The average molecular weight is 373 g/mol. The van der Waals surface area contributed by atoms with Crippen LogP contribution in [-0.4, -0.2) is 29.9 Å². The summed E-state index contributed by atoms with van der Waals surface area (Å²) in [5, 5.41) is 8.90. The van der Waals surface area contributed by atoms with Crippen molar-refractivity contribution in [2.24, 2.45) is 0 Å². The van der Waals surface area contributed by atoms with Crippen LogP contribution in [0.15, 0.2) is 24.3 Å². The van der Waals surface area contributed by atoms with E-state index >= 15 is 0 Å². The van der Waals surface area contributed by atoms with Crippen LogP contribution in [0.1, 0.15) is 49.4 Å². The lowest BCUT2D eigenvalue weighted by molar-refractivity contribution is -0.121. The van der Waals surface area contributed by atoms with Crippen molar-refractivity contribution in [1.29, 1.82) is 0 Å². The summed E-state index contributed by atoms with van der Waals surface area (Å²) >= 11 is 12.3. The van der Waals surface area contributed by atoms with Crippen molar-refractivity contribution < 1.29 is 19.4 Å². The molecule has 132 valence electrons. The van der Waals surface area contributed by atoms with Gasteiger partial charge in [-0.2, -0.15) is 0 Å². The molecule has 0 unspecified atom stereocenters. The van der Waals surface area contributed by atoms with E-state index in [-0.39, 0.29) is 46.1 Å². The highest BCUT2D eigenvalue weighted by atomic mass is 35.5. The molecule has 24 heavy (non-hydrogen) atoms. The Morgan fingerprint density at radius 3 is 2.50 bits per heavy atom. The molecule has 0 amide bonds. The molecule has 0 aliphatic rings. The molecule has 1 aromatic rings. The minimum Gasteiger partial charge on any atom is -0.484 e. The van der Waals surface area contributed by atoms with Crippen molar-refractivity contribution in [1.82, 2.24) is 0 Å². The summed E-state index contributed by atoms with van der Waals surface area (Å²) in [5.74, 6) is -0.0420. The molecule has 1 N–H and O–H groups in total. The molecule has 0 saturated heterocycles. The Morgan fingerprint density at radius 2 is 1.88 bits per heavy atom. The maximum atomic E-state index is 12.1. The number of carbonyl (C=O) groups excluding carboxylic acids is 2. The van der Waals surface area contributed by atoms with Gasteiger partial charge >= 0.3 is 0 Å². The zero-order chi connectivity index (χ0) is 18.1. The van der Waals surface area contributed by atoms with E-state index in [2.05, 4.69) is 6.58 Å². The van der Waals surface area contributed by atoms with Crippen LogP contribution in [0.25, 0.3) is 0 Å². The molecule has 0 aromatic heterocycles. The topological polar surface area (TPSA) is 63.6 Å². The Hall–Kier alpha value is -1.36. The molecule has 0 fully saturated rings. The summed E-state index contributed by atoms with van der Waals surface area (Å²) in [6.07, 6.45) is 3.11. The number of unbranched alkanes of at least 4 members (excludes halogenated alkanes) is 2. The summed E-state index contributed by atoms with van der Waals surface area (Å²) in [5.41, 5.74) is 0.718. The molecule has 0 atom stereocenters. The number of allylic oxidation sites excluding steroid dienone is 1. The van der Waals surface area contributed by atoms with E-state index in [1.165, 1.54) is 12.1 Å². The lowest BCUT2D eigenvalue weighted by Crippen LogP contribution is -2.11. The van der Waals surface area contributed by atoms with Crippen LogP contribution >= 0.6 is 23.2 Å². The highest BCUT2D eigenvalue weighted by molar-refractivity contribution is 6.45. The smallest absolute Gasteiger partial charge is 0.189 e. The number of aliphatic hydroxyl groups is 1. The summed E-state index contributed by atoms with van der Waals surface area (Å²) in [6.45, 7) is 5.56. The van der Waals surface area contributed by atoms with Crippen LogP contribution in [0.5, 0.6) is 5.75 Å². The van der Waals surface area contributed by atoms with Crippen molar-refractivity contribution in [3.63, 3.8) is 0 Å². The number of Topliss-reactive ketones (excluding diaryl/α,β-unsaturated/α-hetero) is 2. The summed E-state index contributed by atoms with van der Waals surface area (Å²) in [4.78, 5) is 23.9. The van der Waals surface area contributed by atoms with Gasteiger partial charge in [0.1, 0.15) is 17.4 Å². The maximum Gasteiger partial charge on any atom is 0.189 e. The normalized spacial score (nSPS) is 10.5. The summed E-state index contributed by atoms with van der Waals surface area (Å²) in [6, 6.07) is 3.06. The van der Waals surface area contributed by atoms with Gasteiger partial charge in [-0.3, -0.25) is 9.59 Å². The number of rotatable bonds is 11. The predicted octanol–water partition coefficient (Wildman–Crippen LogP) is 4.64. The Kier molecular flexibility index (Phi) is 9.04. The zero-order valence-corrected chi connectivity index (χ0v) is 15.3. The Balaban J connectivity index is 2.68. The Morgan fingerprint density at radius 1 is 1.17 bits per heavy atom. The minimum absolute atomic E-state index is 0.0559. The SMILES string of the molecule is C=C(CC)C(=O)c1ccc(OCC(=O)CCCCCO)c(Cl)c1Cl. The molecule has 0 aliphatic heterocycles. The molecule has 0 heterocycles. The van der Waals surface area contributed by atoms with Crippen molar-refractivity contribution in [2.45, 2.75) is 39.0 Å². The molecule has 4 nitrogen and oxygen atoms in total. The Bertz CT molecular complexity index is 611. The first-order valence-corrected chi connectivity index (χ1v) is 8.63. The molecule has 0 spiro atoms. The molecule has 0 aliphatic carbocycles. The van der Waals surface area contributed by atoms with Crippen molar-refractivity contribution in [3.8, 4) is 5.75 Å². The lowest BCUT2D eigenvalue weighted by Gasteiger charge is -2.11. The quantitative estimate of drug-likeness (QED) is 0.349. The van der Waals surface area contributed by atoms with Gasteiger partial charge in [-0.1, -0.05) is 43.1 Å². The number of hydrogen-bond acceptors (Lipinski definition) is 4. The van der Waals surface area contributed by atoms with Crippen molar-refractivity contribution in [2.75, 3.05) is 13.2 Å². The van der Waals surface area contributed by atoms with E-state index in [0.29, 0.717) is 31.3 Å². The maximum absolute atomic E-state index is 12.1. The highest BCUT2D eigenvalue weighted by Gasteiger charge is 2.18. The third-order valence-electron chi connectivity index (χ3n) is 3.54. The largest absolute Gasteiger partial charge is 0.484 e. The average Bonchev–Trinajstić information content (AvgIpc) is 2.58. The second-order valence-corrected chi connectivity index (χ2v) is 6.14. The molecule has 6 heteroatoms. The lowest BCUT2D eigenvalue weighted by atomic mass is 10.0. The number of benzene rings is 1. The van der Waals surface area contributed by atoms with Crippen molar-refractivity contribution in [3.05, 3.63) is 39.9 Å². The van der Waals surface area contributed by atoms with E-state index in [0.717, 1.165) is 6.42 Å². The van der Waals surface area contributed by atoms with Gasteiger partial charge in [0.2, 0.25) is 0 Å². The fraction of sp³-hybridized carbons (Fsp3) is 0.444. The number of halogens is 2. The first-order chi connectivity index (χ1) is 11.4. The van der Waals surface area contributed by atoms with Crippen LogP contribution < -0.4 is 4.74 Å². The van der Waals surface area contributed by atoms with Gasteiger partial charge in [-0.05, 0) is 37.0 Å². The number of hydrogen-bond donors (Lipinski definition) is 1. The van der Waals surface area contributed by atoms with E-state index < -0.39 is 0 Å². The fourth-order valence-corrected chi connectivity index (χ4v) is 2.47. The van der Waals surface area contributed by atoms with Gasteiger partial charge in [0.15, 0.2) is 11.6 Å². The molecular weight excluding hydrogens is 351 g/mol. The van der Waals surface area contributed by atoms with Crippen LogP contribution in [-0.2, 0) is 4.79 Å².